The van der Waals surface area contributed by atoms with E-state index in [4.69, 9.17) is 4.74 Å². The van der Waals surface area contributed by atoms with E-state index >= 15 is 0 Å². The van der Waals surface area contributed by atoms with Crippen LogP contribution in [0.5, 0.6) is 0 Å². The van der Waals surface area contributed by atoms with Crippen LogP contribution in [0, 0.1) is 11.8 Å². The van der Waals surface area contributed by atoms with Crippen LogP contribution in [0.25, 0.3) is 0 Å². The van der Waals surface area contributed by atoms with E-state index in [-0.39, 0.29) is 31.0 Å². The van der Waals surface area contributed by atoms with Crippen molar-refractivity contribution in [3.63, 3.8) is 0 Å². The van der Waals surface area contributed by atoms with Gasteiger partial charge in [-0.1, -0.05) is 32.3 Å². The number of nitrogens with zero attached hydrogens (tertiary/aromatic N) is 2. The van der Waals surface area contributed by atoms with Crippen LogP contribution in [-0.2, 0) is 19.1 Å². The summed E-state index contributed by atoms with van der Waals surface area (Å²) < 4.78 is 6.49. The number of amides is 2. The van der Waals surface area contributed by atoms with Gasteiger partial charge >= 0.3 is 5.97 Å². The SMILES string of the molecule is C=CCN(C(=O)C1N(CCO)C(=O)[C@@H]2[C@@H](C(=O)O)[C@@]3(CC)CCC12O3)C1CCCCC1. The summed E-state index contributed by atoms with van der Waals surface area (Å²) in [5.74, 6) is -3.49. The number of aliphatic hydroxyl groups is 1. The first-order chi connectivity index (χ1) is 14.9. The number of likely N-dealkylation sites (tertiary alicyclic amines) is 1. The van der Waals surface area contributed by atoms with Crippen molar-refractivity contribution in [2.45, 2.75) is 81.6 Å². The summed E-state index contributed by atoms with van der Waals surface area (Å²) in [6.07, 6.45) is 8.27. The number of carboxylic acids is 1. The number of aliphatic carboxylic acids is 1. The van der Waals surface area contributed by atoms with Gasteiger partial charge in [0.25, 0.3) is 0 Å². The summed E-state index contributed by atoms with van der Waals surface area (Å²) in [7, 11) is 0. The van der Waals surface area contributed by atoms with E-state index in [1.165, 1.54) is 4.90 Å². The predicted octanol–water partition coefficient (Wildman–Crippen LogP) is 1.57. The van der Waals surface area contributed by atoms with Crippen LogP contribution in [0.4, 0.5) is 0 Å². The topological polar surface area (TPSA) is 107 Å². The van der Waals surface area contributed by atoms with E-state index in [0.717, 1.165) is 32.1 Å². The molecule has 1 saturated carbocycles. The lowest BCUT2D eigenvalue weighted by Crippen LogP contribution is -2.58. The van der Waals surface area contributed by atoms with Crippen LogP contribution in [0.1, 0.15) is 58.3 Å². The number of aliphatic hydroxyl groups excluding tert-OH is 1. The quantitative estimate of drug-likeness (QED) is 0.562. The molecular weight excluding hydrogens is 400 g/mol. The van der Waals surface area contributed by atoms with Crippen LogP contribution in [0.3, 0.4) is 0 Å². The number of carboxylic acid groups (broad SMARTS) is 1. The summed E-state index contributed by atoms with van der Waals surface area (Å²) in [5.41, 5.74) is -2.05. The predicted molar refractivity (Wildman–Crippen MR) is 112 cm³/mol. The van der Waals surface area contributed by atoms with Gasteiger partial charge in [0.05, 0.1) is 18.1 Å². The van der Waals surface area contributed by atoms with Crippen molar-refractivity contribution in [3.05, 3.63) is 12.7 Å². The summed E-state index contributed by atoms with van der Waals surface area (Å²) in [6.45, 7) is 5.79. The highest BCUT2D eigenvalue weighted by molar-refractivity contribution is 5.98. The van der Waals surface area contributed by atoms with Crippen LogP contribution < -0.4 is 0 Å². The highest BCUT2D eigenvalue weighted by Crippen LogP contribution is 2.64. The van der Waals surface area contributed by atoms with Gasteiger partial charge < -0.3 is 24.7 Å². The molecule has 5 atom stereocenters. The van der Waals surface area contributed by atoms with Crippen LogP contribution >= 0.6 is 0 Å². The minimum atomic E-state index is -1.14. The van der Waals surface area contributed by atoms with Crippen molar-refractivity contribution < 1.29 is 29.3 Å². The van der Waals surface area contributed by atoms with Crippen LogP contribution in [-0.4, -0.2) is 80.8 Å². The van der Waals surface area contributed by atoms with Gasteiger partial charge in [0.1, 0.15) is 17.6 Å². The zero-order chi connectivity index (χ0) is 22.4. The number of hydrogen-bond acceptors (Lipinski definition) is 5. The third-order valence-corrected chi connectivity index (χ3v) is 8.15. The molecule has 0 aromatic heterocycles. The Morgan fingerprint density at radius 1 is 1.29 bits per heavy atom. The molecule has 0 aromatic rings. The molecule has 2 unspecified atom stereocenters. The Morgan fingerprint density at radius 2 is 2.00 bits per heavy atom. The maximum Gasteiger partial charge on any atom is 0.310 e. The molecule has 2 bridgehead atoms. The van der Waals surface area contributed by atoms with Crippen molar-refractivity contribution in [1.82, 2.24) is 9.80 Å². The lowest BCUT2D eigenvalue weighted by Gasteiger charge is -2.40. The lowest BCUT2D eigenvalue weighted by molar-refractivity contribution is -0.159. The van der Waals surface area contributed by atoms with E-state index in [2.05, 4.69) is 6.58 Å². The molecule has 0 aromatic carbocycles. The minimum Gasteiger partial charge on any atom is -0.481 e. The highest BCUT2D eigenvalue weighted by atomic mass is 16.5. The van der Waals surface area contributed by atoms with Gasteiger partial charge in [-0.2, -0.15) is 0 Å². The van der Waals surface area contributed by atoms with Gasteiger partial charge in [0.15, 0.2) is 0 Å². The number of rotatable bonds is 8. The standard InChI is InChI=1S/C23H34N2O6/c1-3-12-24(15-8-6-5-7-9-15)20(28)18-23-11-10-22(4-2,31-23)17(21(29)30)16(23)19(27)25(18)13-14-26/h3,15-18,26H,1,4-14H2,2H3,(H,29,30)/t16-,17-,18?,22+,23?/m0/s1. The number of ether oxygens (including phenoxy) is 1. The van der Waals surface area contributed by atoms with Gasteiger partial charge in [-0.3, -0.25) is 14.4 Å². The van der Waals surface area contributed by atoms with Crippen LogP contribution in [0.2, 0.25) is 0 Å². The zero-order valence-corrected chi connectivity index (χ0v) is 18.3. The monoisotopic (exact) mass is 434 g/mol. The molecule has 172 valence electrons. The van der Waals surface area contributed by atoms with E-state index < -0.39 is 35.0 Å². The third-order valence-electron chi connectivity index (χ3n) is 8.15. The van der Waals surface area contributed by atoms with E-state index in [9.17, 15) is 24.6 Å². The van der Waals surface area contributed by atoms with Gasteiger partial charge in [-0.05, 0) is 32.1 Å². The number of hydrogen-bond donors (Lipinski definition) is 2. The molecule has 4 rings (SSSR count). The number of carbonyl (C=O) groups excluding carboxylic acids is 2. The molecule has 3 saturated heterocycles. The fraction of sp³-hybridized carbons (Fsp3) is 0.783. The molecule has 1 spiro atoms. The molecule has 2 amide bonds. The fourth-order valence-electron chi connectivity index (χ4n) is 6.83. The fourth-order valence-corrected chi connectivity index (χ4v) is 6.83. The molecule has 3 heterocycles. The molecule has 2 N–H and O–H groups in total. The third kappa shape index (κ3) is 3.13. The average Bonchev–Trinajstić information content (AvgIpc) is 3.37. The maximum absolute atomic E-state index is 14.0. The van der Waals surface area contributed by atoms with Crippen molar-refractivity contribution in [1.29, 1.82) is 0 Å². The molecule has 4 aliphatic rings. The Morgan fingerprint density at radius 3 is 2.58 bits per heavy atom. The maximum atomic E-state index is 14.0. The summed E-state index contributed by atoms with van der Waals surface area (Å²) in [6, 6.07) is -0.827. The molecule has 8 heteroatoms. The summed E-state index contributed by atoms with van der Waals surface area (Å²) in [4.78, 5) is 43.0. The number of β-amino-alcohol motifs (C(OH)–C–C–N with tert-alkyl or cyclic N) is 1. The first-order valence-corrected chi connectivity index (χ1v) is 11.6. The van der Waals surface area contributed by atoms with Crippen molar-refractivity contribution in [2.75, 3.05) is 19.7 Å². The molecule has 3 aliphatic heterocycles. The second-order valence-corrected chi connectivity index (χ2v) is 9.50. The lowest BCUT2D eigenvalue weighted by atomic mass is 9.65. The number of fused-ring (bicyclic) bond motifs is 1. The Hall–Kier alpha value is -1.93. The zero-order valence-electron chi connectivity index (χ0n) is 18.3. The largest absolute Gasteiger partial charge is 0.481 e. The molecule has 4 fully saturated rings. The van der Waals surface area contributed by atoms with Gasteiger partial charge in [-0.15, -0.1) is 6.58 Å². The first-order valence-electron chi connectivity index (χ1n) is 11.6. The second kappa shape index (κ2) is 8.20. The van der Waals surface area contributed by atoms with Gasteiger partial charge in [0.2, 0.25) is 11.8 Å². The van der Waals surface area contributed by atoms with Crippen LogP contribution in [0.15, 0.2) is 12.7 Å². The molecular formula is C23H34N2O6. The summed E-state index contributed by atoms with van der Waals surface area (Å²) >= 11 is 0. The Labute approximate surface area is 183 Å². The first kappa shape index (κ1) is 22.3. The number of carbonyl (C=O) groups is 3. The van der Waals surface area contributed by atoms with Crippen molar-refractivity contribution in [3.8, 4) is 0 Å². The smallest absolute Gasteiger partial charge is 0.310 e. The van der Waals surface area contributed by atoms with Crippen molar-refractivity contribution >= 4 is 17.8 Å². The Bertz CT molecular complexity index is 765. The van der Waals surface area contributed by atoms with E-state index in [1.54, 1.807) is 6.08 Å². The Kier molecular flexibility index (Phi) is 5.89. The van der Waals surface area contributed by atoms with Gasteiger partial charge in [-0.25, -0.2) is 0 Å². The Balaban J connectivity index is 1.76. The minimum absolute atomic E-state index is 0.00505. The average molecular weight is 435 g/mol. The van der Waals surface area contributed by atoms with E-state index in [1.807, 2.05) is 11.8 Å². The molecule has 8 nitrogen and oxygen atoms in total. The molecule has 1 aliphatic carbocycles. The molecule has 31 heavy (non-hydrogen) atoms. The van der Waals surface area contributed by atoms with Gasteiger partial charge in [0, 0.05) is 19.1 Å². The van der Waals surface area contributed by atoms with Crippen molar-refractivity contribution in [2.24, 2.45) is 11.8 Å². The normalized spacial score (nSPS) is 37.2. The summed E-state index contributed by atoms with van der Waals surface area (Å²) in [5, 5.41) is 19.7. The highest BCUT2D eigenvalue weighted by Gasteiger charge is 2.79. The van der Waals surface area contributed by atoms with E-state index in [0.29, 0.717) is 25.8 Å². The molecule has 0 radical (unpaired) electrons. The second-order valence-electron chi connectivity index (χ2n) is 9.50.